The Labute approximate surface area is 406 Å². The maximum Gasteiger partial charge on any atom is 0.138 e. The van der Waals surface area contributed by atoms with Gasteiger partial charge < -0.3 is 4.57 Å². The Morgan fingerprint density at radius 2 is 0.871 bits per heavy atom. The SMILES string of the molecule is c1ccc(-c2cc(-c3cccc(-n4c5ccccc5c5ccccc54)c3)nc(-n3c4ccccc4c4c3ccc3c5ccccc5n(-c5cccc(-c6ccc7sc8ccccc8c7c6)n5)c34)c2)cc1. The van der Waals surface area contributed by atoms with Gasteiger partial charge in [0.25, 0.3) is 0 Å². The summed E-state index contributed by atoms with van der Waals surface area (Å²) >= 11 is 1.84. The monoisotopic (exact) mass is 909 g/mol. The summed E-state index contributed by atoms with van der Waals surface area (Å²) in [5.74, 6) is 1.72. The van der Waals surface area contributed by atoms with Crippen LogP contribution in [0.2, 0.25) is 0 Å². The topological polar surface area (TPSA) is 40.6 Å². The van der Waals surface area contributed by atoms with E-state index >= 15 is 0 Å². The average Bonchev–Trinajstić information content (AvgIpc) is 4.17. The van der Waals surface area contributed by atoms with E-state index in [4.69, 9.17) is 9.97 Å². The van der Waals surface area contributed by atoms with Crippen molar-refractivity contribution in [2.75, 3.05) is 0 Å². The second-order valence-corrected chi connectivity index (χ2v) is 19.2. The smallest absolute Gasteiger partial charge is 0.138 e. The van der Waals surface area contributed by atoms with Crippen molar-refractivity contribution >= 4 is 96.9 Å². The lowest BCUT2D eigenvalue weighted by molar-refractivity contribution is 1.08. The molecule has 6 aromatic heterocycles. The first-order chi connectivity index (χ1) is 34.7. The lowest BCUT2D eigenvalue weighted by Crippen LogP contribution is -2.01. The number of hydrogen-bond donors (Lipinski definition) is 0. The molecular weight excluding hydrogens is 871 g/mol. The van der Waals surface area contributed by atoms with Gasteiger partial charge in [-0.1, -0.05) is 152 Å². The van der Waals surface area contributed by atoms with Gasteiger partial charge in [0.1, 0.15) is 11.6 Å². The summed E-state index contributed by atoms with van der Waals surface area (Å²) < 4.78 is 9.70. The second-order valence-electron chi connectivity index (χ2n) is 18.1. The van der Waals surface area contributed by atoms with E-state index in [0.717, 1.165) is 83.8 Å². The zero-order valence-corrected chi connectivity index (χ0v) is 38.5. The summed E-state index contributed by atoms with van der Waals surface area (Å²) in [7, 11) is 0. The Balaban J connectivity index is 0.958. The van der Waals surface area contributed by atoms with Crippen LogP contribution in [0.15, 0.2) is 237 Å². The van der Waals surface area contributed by atoms with Crippen molar-refractivity contribution in [2.24, 2.45) is 0 Å². The highest BCUT2D eigenvalue weighted by molar-refractivity contribution is 7.25. The Bertz CT molecular complexity index is 4550. The number of aromatic nitrogens is 5. The molecule has 0 aliphatic heterocycles. The Kier molecular flexibility index (Phi) is 8.46. The first-order valence-corrected chi connectivity index (χ1v) is 24.5. The number of para-hydroxylation sites is 4. The maximum absolute atomic E-state index is 5.64. The molecule has 0 unspecified atom stereocenters. The van der Waals surface area contributed by atoms with Crippen molar-refractivity contribution in [1.29, 1.82) is 0 Å². The molecule has 70 heavy (non-hydrogen) atoms. The van der Waals surface area contributed by atoms with Gasteiger partial charge in [-0.05, 0) is 96.1 Å². The molecule has 0 bridgehead atoms. The van der Waals surface area contributed by atoms with Crippen LogP contribution in [-0.2, 0) is 0 Å². The Morgan fingerprint density at radius 3 is 1.64 bits per heavy atom. The van der Waals surface area contributed by atoms with Crippen molar-refractivity contribution in [3.8, 4) is 51.0 Å². The van der Waals surface area contributed by atoms with Crippen LogP contribution in [0, 0.1) is 0 Å². The van der Waals surface area contributed by atoms with E-state index < -0.39 is 0 Å². The molecule has 0 saturated heterocycles. The summed E-state index contributed by atoms with van der Waals surface area (Å²) in [6.07, 6.45) is 0. The Morgan fingerprint density at radius 1 is 0.286 bits per heavy atom. The van der Waals surface area contributed by atoms with Crippen LogP contribution in [0.3, 0.4) is 0 Å². The number of pyridine rings is 2. The minimum atomic E-state index is 0.850. The van der Waals surface area contributed by atoms with Crippen molar-refractivity contribution < 1.29 is 0 Å². The summed E-state index contributed by atoms with van der Waals surface area (Å²) in [5.41, 5.74) is 14.0. The van der Waals surface area contributed by atoms with Gasteiger partial charge >= 0.3 is 0 Å². The highest BCUT2D eigenvalue weighted by atomic mass is 32.1. The normalized spacial score (nSPS) is 12.0. The van der Waals surface area contributed by atoms with Crippen LogP contribution >= 0.6 is 11.3 Å². The molecule has 0 aliphatic carbocycles. The van der Waals surface area contributed by atoms with E-state index in [1.165, 1.54) is 52.8 Å². The predicted octanol–water partition coefficient (Wildman–Crippen LogP) is 17.1. The molecule has 0 saturated carbocycles. The van der Waals surface area contributed by atoms with Crippen LogP contribution in [0.4, 0.5) is 0 Å². The third-order valence-corrected chi connectivity index (χ3v) is 15.4. The standard InChI is InChI=1S/C64H39N5S/c1-2-16-40(17-3-1)43-38-53(41-18-14-19-44(36-41)67-54-26-9-4-20-45(54)46-21-5-10-27-55(46)67)66-62(39-43)68-57-29-12-7-24-50(57)63-58(68)34-33-49-47-22-6-11-28-56(47)69(64(49)63)61-31-15-25-52(65-61)42-32-35-60-51(37-42)48-23-8-13-30-59(48)70-60/h1-39H. The fourth-order valence-corrected chi connectivity index (χ4v) is 12.3. The van der Waals surface area contributed by atoms with E-state index in [9.17, 15) is 0 Å². The molecule has 5 nitrogen and oxygen atoms in total. The molecular formula is C64H39N5S. The molecule has 6 heterocycles. The van der Waals surface area contributed by atoms with Gasteiger partial charge in [0.15, 0.2) is 0 Å². The van der Waals surface area contributed by atoms with Gasteiger partial charge in [0.05, 0.1) is 44.5 Å². The highest BCUT2D eigenvalue weighted by Crippen LogP contribution is 2.43. The molecule has 6 heteroatoms. The van der Waals surface area contributed by atoms with Gasteiger partial charge in [-0.3, -0.25) is 9.13 Å². The molecule has 15 aromatic rings. The second kappa shape index (κ2) is 15.2. The van der Waals surface area contributed by atoms with E-state index in [1.54, 1.807) is 0 Å². The van der Waals surface area contributed by atoms with Gasteiger partial charge in [-0.25, -0.2) is 9.97 Å². The number of benzene rings is 9. The largest absolute Gasteiger partial charge is 0.309 e. The van der Waals surface area contributed by atoms with Gasteiger partial charge in [-0.2, -0.15) is 0 Å². The zero-order valence-electron chi connectivity index (χ0n) is 37.7. The van der Waals surface area contributed by atoms with Crippen molar-refractivity contribution in [3.63, 3.8) is 0 Å². The molecule has 15 rings (SSSR count). The summed E-state index contributed by atoms with van der Waals surface area (Å²) in [5, 5.41) is 9.70. The molecule has 326 valence electrons. The van der Waals surface area contributed by atoms with E-state index in [1.807, 2.05) is 11.3 Å². The minimum Gasteiger partial charge on any atom is -0.309 e. The zero-order chi connectivity index (χ0) is 45.9. The van der Waals surface area contributed by atoms with E-state index in [0.29, 0.717) is 0 Å². The van der Waals surface area contributed by atoms with Crippen LogP contribution in [-0.4, -0.2) is 23.7 Å². The number of rotatable bonds is 6. The predicted molar refractivity (Wildman–Crippen MR) is 294 cm³/mol. The van der Waals surface area contributed by atoms with Crippen LogP contribution in [0.1, 0.15) is 0 Å². The van der Waals surface area contributed by atoms with Crippen molar-refractivity contribution in [3.05, 3.63) is 237 Å². The minimum absolute atomic E-state index is 0.850. The molecule has 0 atom stereocenters. The van der Waals surface area contributed by atoms with Gasteiger partial charge in [0.2, 0.25) is 0 Å². The first kappa shape index (κ1) is 38.9. The Hall–Kier alpha value is -9.10. The number of fused-ring (bicyclic) bond motifs is 13. The van der Waals surface area contributed by atoms with Crippen LogP contribution in [0.5, 0.6) is 0 Å². The quantitative estimate of drug-likeness (QED) is 0.167. The molecule has 0 spiro atoms. The van der Waals surface area contributed by atoms with Gasteiger partial charge in [0, 0.05) is 69.3 Å². The average molecular weight is 910 g/mol. The molecule has 0 fully saturated rings. The van der Waals surface area contributed by atoms with Crippen LogP contribution < -0.4 is 0 Å². The number of thiophene rings is 1. The third-order valence-electron chi connectivity index (χ3n) is 14.2. The summed E-state index contributed by atoms with van der Waals surface area (Å²) in [4.78, 5) is 11.1. The molecule has 0 N–H and O–H groups in total. The lowest BCUT2D eigenvalue weighted by atomic mass is 10.0. The number of hydrogen-bond acceptors (Lipinski definition) is 3. The van der Waals surface area contributed by atoms with Gasteiger partial charge in [-0.15, -0.1) is 11.3 Å². The third kappa shape index (κ3) is 5.84. The van der Waals surface area contributed by atoms with Crippen molar-refractivity contribution in [1.82, 2.24) is 23.7 Å². The fourth-order valence-electron chi connectivity index (χ4n) is 11.2. The molecule has 0 radical (unpaired) electrons. The molecule has 0 amide bonds. The summed E-state index contributed by atoms with van der Waals surface area (Å²) in [6.45, 7) is 0. The molecule has 0 aliphatic rings. The maximum atomic E-state index is 5.64. The first-order valence-electron chi connectivity index (χ1n) is 23.7. The van der Waals surface area contributed by atoms with E-state index in [2.05, 4.69) is 250 Å². The highest BCUT2D eigenvalue weighted by Gasteiger charge is 2.23. The van der Waals surface area contributed by atoms with E-state index in [-0.39, 0.29) is 0 Å². The lowest BCUT2D eigenvalue weighted by Gasteiger charge is -2.14. The fraction of sp³-hybridized carbons (Fsp3) is 0. The van der Waals surface area contributed by atoms with Crippen LogP contribution in [0.25, 0.3) is 137 Å². The summed E-state index contributed by atoms with van der Waals surface area (Å²) in [6, 6.07) is 85.4. The molecule has 9 aromatic carbocycles. The number of nitrogens with zero attached hydrogens (tertiary/aromatic N) is 5. The van der Waals surface area contributed by atoms with Crippen molar-refractivity contribution in [2.45, 2.75) is 0 Å².